The first-order valence-electron chi connectivity index (χ1n) is 2.61. The summed E-state index contributed by atoms with van der Waals surface area (Å²) in [5, 5.41) is 0. The molecule has 0 N–H and O–H groups in total. The van der Waals surface area contributed by atoms with E-state index in [4.69, 9.17) is 0 Å². The van der Waals surface area contributed by atoms with Crippen LogP contribution in [0.4, 0.5) is 0 Å². The smallest absolute Gasteiger partial charge is 0.0330 e. The molecule has 0 heterocycles. The Bertz CT molecular complexity index is 76.2. The van der Waals surface area contributed by atoms with Crippen molar-refractivity contribution in [1.82, 2.24) is 0 Å². The van der Waals surface area contributed by atoms with Crippen LogP contribution in [0.5, 0.6) is 0 Å². The van der Waals surface area contributed by atoms with E-state index < -0.39 is 0 Å². The van der Waals surface area contributed by atoms with Crippen molar-refractivity contribution in [3.05, 3.63) is 12.2 Å². The minimum atomic E-state index is 0.655. The van der Waals surface area contributed by atoms with E-state index in [0.717, 1.165) is 5.92 Å². The predicted octanol–water partition coefficient (Wildman–Crippen LogP) is 2.35. The Kier molecular flexibility index (Phi) is 1.53. The van der Waals surface area contributed by atoms with Gasteiger partial charge in [-0.3, -0.25) is 0 Å². The summed E-state index contributed by atoms with van der Waals surface area (Å²) in [5.41, 5.74) is 0. The summed E-state index contributed by atoms with van der Waals surface area (Å²) in [7, 11) is 0. The molecule has 0 aliphatic heterocycles. The van der Waals surface area contributed by atoms with E-state index in [1.807, 2.05) is 0 Å². The van der Waals surface area contributed by atoms with Crippen LogP contribution in [0.15, 0.2) is 12.2 Å². The molecule has 0 amide bonds. The average molecular weight is 161 g/mol. The molecular weight excluding hydrogens is 152 g/mol. The van der Waals surface area contributed by atoms with Gasteiger partial charge in [-0.1, -0.05) is 35.0 Å². The van der Waals surface area contributed by atoms with Crippen molar-refractivity contribution in [1.29, 1.82) is 0 Å². The maximum atomic E-state index is 3.49. The van der Waals surface area contributed by atoms with Crippen molar-refractivity contribution in [2.45, 2.75) is 18.2 Å². The molecule has 0 bridgehead atoms. The Morgan fingerprint density at radius 1 is 1.57 bits per heavy atom. The van der Waals surface area contributed by atoms with Crippen LogP contribution < -0.4 is 0 Å². The number of hydrogen-bond acceptors (Lipinski definition) is 0. The number of hydrogen-bond donors (Lipinski definition) is 0. The molecule has 0 aromatic carbocycles. The summed E-state index contributed by atoms with van der Waals surface area (Å²) in [5.74, 6) is 0.796. The number of allylic oxidation sites excluding steroid dienone is 2. The second-order valence-electron chi connectivity index (χ2n) is 2.11. The highest BCUT2D eigenvalue weighted by Gasteiger charge is 2.10. The lowest BCUT2D eigenvalue weighted by molar-refractivity contribution is 0.713. The lowest BCUT2D eigenvalue weighted by atomic mass is 10.2. The van der Waals surface area contributed by atoms with Gasteiger partial charge in [0.15, 0.2) is 0 Å². The van der Waals surface area contributed by atoms with Gasteiger partial charge in [0, 0.05) is 4.83 Å². The van der Waals surface area contributed by atoms with Crippen molar-refractivity contribution in [2.75, 3.05) is 0 Å². The molecule has 0 saturated carbocycles. The molecule has 0 radical (unpaired) electrons. The van der Waals surface area contributed by atoms with Crippen LogP contribution in [0, 0.1) is 5.92 Å². The molecule has 1 aliphatic rings. The molecule has 0 fully saturated rings. The van der Waals surface area contributed by atoms with Crippen LogP contribution in [0.3, 0.4) is 0 Å². The van der Waals surface area contributed by atoms with Crippen molar-refractivity contribution < 1.29 is 0 Å². The van der Waals surface area contributed by atoms with Crippen molar-refractivity contribution >= 4 is 15.9 Å². The van der Waals surface area contributed by atoms with Gasteiger partial charge in [0.05, 0.1) is 0 Å². The second-order valence-corrected chi connectivity index (χ2v) is 3.29. The zero-order chi connectivity index (χ0) is 5.28. The molecule has 0 aromatic rings. The van der Waals surface area contributed by atoms with E-state index in [1.54, 1.807) is 0 Å². The average Bonchev–Trinajstić information content (AvgIpc) is 1.87. The summed E-state index contributed by atoms with van der Waals surface area (Å²) in [6.45, 7) is 2.23. The highest BCUT2D eigenvalue weighted by atomic mass is 79.9. The van der Waals surface area contributed by atoms with E-state index in [1.165, 1.54) is 6.42 Å². The molecule has 7 heavy (non-hydrogen) atoms. The Labute approximate surface area is 52.7 Å². The van der Waals surface area contributed by atoms with Gasteiger partial charge in [-0.15, -0.1) is 0 Å². The fourth-order valence-electron chi connectivity index (χ4n) is 0.823. The topological polar surface area (TPSA) is 0 Å². The minimum Gasteiger partial charge on any atom is -0.0845 e. The molecule has 0 spiro atoms. The molecular formula is C6H9Br. The Hall–Kier alpha value is 0.220. The first kappa shape index (κ1) is 5.36. The molecule has 2 unspecified atom stereocenters. The van der Waals surface area contributed by atoms with E-state index in [-0.39, 0.29) is 0 Å². The zero-order valence-electron chi connectivity index (χ0n) is 4.39. The molecule has 2 atom stereocenters. The maximum Gasteiger partial charge on any atom is 0.0330 e. The standard InChI is InChI=1S/C6H9Br/c1-5-2-3-6(7)4-5/h2-3,5-6H,4H2,1H3. The quantitative estimate of drug-likeness (QED) is 0.377. The maximum absolute atomic E-state index is 3.49. The summed E-state index contributed by atoms with van der Waals surface area (Å²) in [4.78, 5) is 0.655. The van der Waals surface area contributed by atoms with Gasteiger partial charge >= 0.3 is 0 Å². The summed E-state index contributed by atoms with van der Waals surface area (Å²) in [6.07, 6.45) is 5.74. The predicted molar refractivity (Wildman–Crippen MR) is 35.6 cm³/mol. The molecule has 1 rings (SSSR count). The van der Waals surface area contributed by atoms with Gasteiger partial charge in [-0.2, -0.15) is 0 Å². The van der Waals surface area contributed by atoms with E-state index in [2.05, 4.69) is 35.0 Å². The lowest BCUT2D eigenvalue weighted by Gasteiger charge is -1.95. The van der Waals surface area contributed by atoms with Gasteiger partial charge in [0.25, 0.3) is 0 Å². The Morgan fingerprint density at radius 2 is 2.29 bits per heavy atom. The van der Waals surface area contributed by atoms with Gasteiger partial charge in [0.1, 0.15) is 0 Å². The number of alkyl halides is 1. The zero-order valence-corrected chi connectivity index (χ0v) is 5.98. The van der Waals surface area contributed by atoms with Gasteiger partial charge in [-0.25, -0.2) is 0 Å². The van der Waals surface area contributed by atoms with E-state index >= 15 is 0 Å². The fourth-order valence-corrected chi connectivity index (χ4v) is 1.59. The molecule has 0 aromatic heterocycles. The van der Waals surface area contributed by atoms with Gasteiger partial charge in [0.2, 0.25) is 0 Å². The third-order valence-corrected chi connectivity index (χ3v) is 1.92. The van der Waals surface area contributed by atoms with Crippen molar-refractivity contribution in [3.63, 3.8) is 0 Å². The van der Waals surface area contributed by atoms with Crippen LogP contribution >= 0.6 is 15.9 Å². The van der Waals surface area contributed by atoms with Crippen molar-refractivity contribution in [2.24, 2.45) is 5.92 Å². The van der Waals surface area contributed by atoms with Crippen LogP contribution in [0.25, 0.3) is 0 Å². The minimum absolute atomic E-state index is 0.655. The van der Waals surface area contributed by atoms with E-state index in [0.29, 0.717) is 4.83 Å². The largest absolute Gasteiger partial charge is 0.0845 e. The van der Waals surface area contributed by atoms with Gasteiger partial charge in [-0.05, 0) is 12.3 Å². The second kappa shape index (κ2) is 1.99. The highest BCUT2D eigenvalue weighted by Crippen LogP contribution is 2.22. The van der Waals surface area contributed by atoms with Crippen LogP contribution in [-0.4, -0.2) is 4.83 Å². The molecule has 1 aliphatic carbocycles. The van der Waals surface area contributed by atoms with Gasteiger partial charge < -0.3 is 0 Å². The van der Waals surface area contributed by atoms with Crippen LogP contribution in [0.2, 0.25) is 0 Å². The highest BCUT2D eigenvalue weighted by molar-refractivity contribution is 9.09. The Morgan fingerprint density at radius 3 is 2.43 bits per heavy atom. The normalized spacial score (nSPS) is 39.7. The number of halogens is 1. The summed E-state index contributed by atoms with van der Waals surface area (Å²) < 4.78 is 0. The lowest BCUT2D eigenvalue weighted by Crippen LogP contribution is -1.88. The first-order valence-corrected chi connectivity index (χ1v) is 3.53. The number of rotatable bonds is 0. The molecule has 1 heteroatoms. The SMILES string of the molecule is CC1C=CC(Br)C1. The third-order valence-electron chi connectivity index (χ3n) is 1.25. The summed E-state index contributed by atoms with van der Waals surface area (Å²) >= 11 is 3.49. The third kappa shape index (κ3) is 1.30. The monoisotopic (exact) mass is 160 g/mol. The molecule has 0 nitrogen and oxygen atoms in total. The van der Waals surface area contributed by atoms with E-state index in [9.17, 15) is 0 Å². The molecule has 40 valence electrons. The molecule has 0 saturated heterocycles. The first-order chi connectivity index (χ1) is 3.29. The van der Waals surface area contributed by atoms with Crippen LogP contribution in [0.1, 0.15) is 13.3 Å². The van der Waals surface area contributed by atoms with Crippen LogP contribution in [-0.2, 0) is 0 Å². The fraction of sp³-hybridized carbons (Fsp3) is 0.667. The summed E-state index contributed by atoms with van der Waals surface area (Å²) in [6, 6.07) is 0. The van der Waals surface area contributed by atoms with Crippen molar-refractivity contribution in [3.8, 4) is 0 Å². The Balaban J connectivity index is 2.42.